The van der Waals surface area contributed by atoms with Gasteiger partial charge < -0.3 is 4.74 Å². The summed E-state index contributed by atoms with van der Waals surface area (Å²) in [6.45, 7) is 2.11. The molecular formula is C20H18Cl2N2O2S. The number of thiazole rings is 1. The van der Waals surface area contributed by atoms with Crippen molar-refractivity contribution in [3.8, 4) is 17.0 Å². The number of benzene rings is 2. The highest BCUT2D eigenvalue weighted by Crippen LogP contribution is 2.33. The summed E-state index contributed by atoms with van der Waals surface area (Å²) in [5.41, 5.74) is 2.22. The minimum atomic E-state index is -0.310. The Hall–Kier alpha value is -2.08. The van der Waals surface area contributed by atoms with E-state index in [2.05, 4.69) is 17.2 Å². The molecule has 0 spiro atoms. The van der Waals surface area contributed by atoms with Gasteiger partial charge in [-0.1, -0.05) is 36.5 Å². The van der Waals surface area contributed by atoms with Gasteiger partial charge in [0.05, 0.1) is 23.4 Å². The molecule has 0 radical (unpaired) electrons. The van der Waals surface area contributed by atoms with E-state index in [0.717, 1.165) is 34.7 Å². The van der Waals surface area contributed by atoms with Crippen LogP contribution in [0.15, 0.2) is 42.5 Å². The number of ether oxygens (including phenoxy) is 1. The summed E-state index contributed by atoms with van der Waals surface area (Å²) in [4.78, 5) is 18.3. The number of nitrogens with one attached hydrogen (secondary N) is 1. The van der Waals surface area contributed by atoms with Crippen molar-refractivity contribution in [1.29, 1.82) is 0 Å². The fourth-order valence-electron chi connectivity index (χ4n) is 2.61. The summed E-state index contributed by atoms with van der Waals surface area (Å²) in [7, 11) is 1.63. The Bertz CT molecular complexity index is 955. The predicted octanol–water partition coefficient (Wildman–Crippen LogP) is 6.33. The first-order valence-electron chi connectivity index (χ1n) is 8.42. The number of nitrogens with zero attached hydrogens (tertiary/aromatic N) is 1. The molecule has 0 aliphatic heterocycles. The maximum atomic E-state index is 12.6. The van der Waals surface area contributed by atoms with Gasteiger partial charge in [0.1, 0.15) is 5.75 Å². The van der Waals surface area contributed by atoms with E-state index in [1.54, 1.807) is 25.3 Å². The van der Waals surface area contributed by atoms with Crippen molar-refractivity contribution in [2.24, 2.45) is 0 Å². The highest BCUT2D eigenvalue weighted by molar-refractivity contribution is 7.16. The maximum Gasteiger partial charge on any atom is 0.258 e. The Labute approximate surface area is 172 Å². The number of rotatable bonds is 6. The summed E-state index contributed by atoms with van der Waals surface area (Å²) in [6, 6.07) is 12.5. The Balaban J connectivity index is 1.88. The molecule has 7 heteroatoms. The van der Waals surface area contributed by atoms with Gasteiger partial charge in [0.25, 0.3) is 5.91 Å². The lowest BCUT2D eigenvalue weighted by molar-refractivity contribution is 0.102. The molecule has 1 N–H and O–H groups in total. The molecule has 0 saturated carbocycles. The van der Waals surface area contributed by atoms with Crippen LogP contribution < -0.4 is 10.1 Å². The molecule has 0 aliphatic carbocycles. The minimum Gasteiger partial charge on any atom is -0.497 e. The fourth-order valence-corrected chi connectivity index (χ4v) is 4.19. The molecule has 0 unspecified atom stereocenters. The van der Waals surface area contributed by atoms with E-state index in [0.29, 0.717) is 20.7 Å². The van der Waals surface area contributed by atoms with E-state index in [9.17, 15) is 4.79 Å². The molecule has 0 saturated heterocycles. The van der Waals surface area contributed by atoms with Crippen LogP contribution in [0.5, 0.6) is 5.75 Å². The van der Waals surface area contributed by atoms with Crippen LogP contribution in [0.1, 0.15) is 28.6 Å². The average Bonchev–Trinajstić information content (AvgIpc) is 3.04. The maximum absolute atomic E-state index is 12.6. The first kappa shape index (κ1) is 19.7. The zero-order valence-corrected chi connectivity index (χ0v) is 17.2. The van der Waals surface area contributed by atoms with Gasteiger partial charge in [-0.2, -0.15) is 0 Å². The highest BCUT2D eigenvalue weighted by atomic mass is 35.5. The fraction of sp³-hybridized carbons (Fsp3) is 0.200. The van der Waals surface area contributed by atoms with Crippen molar-refractivity contribution >= 4 is 45.6 Å². The zero-order valence-electron chi connectivity index (χ0n) is 14.9. The van der Waals surface area contributed by atoms with Crippen LogP contribution in [0.3, 0.4) is 0 Å². The number of hydrogen-bond donors (Lipinski definition) is 1. The number of carbonyl (C=O) groups excluding carboxylic acids is 1. The topological polar surface area (TPSA) is 51.2 Å². The molecule has 3 rings (SSSR count). The second-order valence-corrected chi connectivity index (χ2v) is 7.77. The molecular weight excluding hydrogens is 403 g/mol. The van der Waals surface area contributed by atoms with Crippen LogP contribution in [-0.2, 0) is 6.42 Å². The number of methoxy groups -OCH3 is 1. The first-order valence-corrected chi connectivity index (χ1v) is 9.99. The van der Waals surface area contributed by atoms with Crippen molar-refractivity contribution in [2.45, 2.75) is 19.8 Å². The van der Waals surface area contributed by atoms with Gasteiger partial charge in [0, 0.05) is 15.5 Å². The van der Waals surface area contributed by atoms with Crippen molar-refractivity contribution in [3.63, 3.8) is 0 Å². The third kappa shape index (κ3) is 4.61. The largest absolute Gasteiger partial charge is 0.497 e. The zero-order chi connectivity index (χ0) is 19.4. The highest BCUT2D eigenvalue weighted by Gasteiger charge is 2.17. The Kier molecular flexibility index (Phi) is 6.37. The number of anilines is 1. The summed E-state index contributed by atoms with van der Waals surface area (Å²) >= 11 is 13.5. The monoisotopic (exact) mass is 420 g/mol. The van der Waals surface area contributed by atoms with Gasteiger partial charge in [-0.3, -0.25) is 10.1 Å². The van der Waals surface area contributed by atoms with Crippen LogP contribution in [-0.4, -0.2) is 18.0 Å². The van der Waals surface area contributed by atoms with Crippen LogP contribution in [0, 0.1) is 0 Å². The number of amides is 1. The molecule has 140 valence electrons. The predicted molar refractivity (Wildman–Crippen MR) is 113 cm³/mol. The third-order valence-electron chi connectivity index (χ3n) is 3.93. The second kappa shape index (κ2) is 8.74. The minimum absolute atomic E-state index is 0.306. The molecule has 3 aromatic rings. The lowest BCUT2D eigenvalue weighted by Gasteiger charge is -2.04. The van der Waals surface area contributed by atoms with Gasteiger partial charge in [-0.05, 0) is 48.9 Å². The summed E-state index contributed by atoms with van der Waals surface area (Å²) in [5.74, 6) is 0.478. The molecule has 0 aliphatic rings. The molecule has 1 heterocycles. The van der Waals surface area contributed by atoms with E-state index in [1.165, 1.54) is 11.3 Å². The molecule has 1 aromatic heterocycles. The molecule has 0 fully saturated rings. The standard InChI is InChI=1S/C20H18Cl2N2O2S/c1-3-4-17-18(12-5-8-14(26-2)9-6-12)23-20(27-17)24-19(25)15-10-7-13(21)11-16(15)22/h5-11H,3-4H2,1-2H3,(H,23,24,25). The van der Waals surface area contributed by atoms with Crippen molar-refractivity contribution in [1.82, 2.24) is 4.98 Å². The van der Waals surface area contributed by atoms with Crippen molar-refractivity contribution < 1.29 is 9.53 Å². The molecule has 27 heavy (non-hydrogen) atoms. The molecule has 0 bridgehead atoms. The number of halogens is 2. The van der Waals surface area contributed by atoms with E-state index < -0.39 is 0 Å². The second-order valence-electron chi connectivity index (χ2n) is 5.85. The third-order valence-corrected chi connectivity index (χ3v) is 5.51. The van der Waals surface area contributed by atoms with Crippen molar-refractivity contribution in [2.75, 3.05) is 12.4 Å². The molecule has 1 amide bonds. The lowest BCUT2D eigenvalue weighted by Crippen LogP contribution is -2.12. The van der Waals surface area contributed by atoms with E-state index in [-0.39, 0.29) is 5.91 Å². The SMILES string of the molecule is CCCc1sc(NC(=O)c2ccc(Cl)cc2Cl)nc1-c1ccc(OC)cc1. The number of aromatic nitrogens is 1. The quantitative estimate of drug-likeness (QED) is 0.506. The number of aryl methyl sites for hydroxylation is 1. The van der Waals surface area contributed by atoms with Gasteiger partial charge >= 0.3 is 0 Å². The van der Waals surface area contributed by atoms with E-state index in [4.69, 9.17) is 27.9 Å². The normalized spacial score (nSPS) is 10.7. The molecule has 2 aromatic carbocycles. The summed E-state index contributed by atoms with van der Waals surface area (Å²) in [5, 5.41) is 4.18. The van der Waals surface area contributed by atoms with Crippen LogP contribution >= 0.6 is 34.5 Å². The van der Waals surface area contributed by atoms with E-state index >= 15 is 0 Å². The van der Waals surface area contributed by atoms with Gasteiger partial charge in [-0.25, -0.2) is 4.98 Å². The number of carbonyl (C=O) groups is 1. The molecule has 0 atom stereocenters. The number of hydrogen-bond acceptors (Lipinski definition) is 4. The lowest BCUT2D eigenvalue weighted by atomic mass is 10.1. The van der Waals surface area contributed by atoms with Crippen LogP contribution in [0.2, 0.25) is 10.0 Å². The van der Waals surface area contributed by atoms with Crippen molar-refractivity contribution in [3.05, 3.63) is 63.0 Å². The van der Waals surface area contributed by atoms with Gasteiger partial charge in [0.2, 0.25) is 0 Å². The average molecular weight is 421 g/mol. The van der Waals surface area contributed by atoms with Gasteiger partial charge in [0.15, 0.2) is 5.13 Å². The first-order chi connectivity index (χ1) is 13.0. The Morgan fingerprint density at radius 2 is 1.93 bits per heavy atom. The van der Waals surface area contributed by atoms with Crippen LogP contribution in [0.25, 0.3) is 11.3 Å². The Morgan fingerprint density at radius 1 is 1.19 bits per heavy atom. The van der Waals surface area contributed by atoms with Gasteiger partial charge in [-0.15, -0.1) is 11.3 Å². The summed E-state index contributed by atoms with van der Waals surface area (Å²) < 4.78 is 5.21. The smallest absolute Gasteiger partial charge is 0.258 e. The summed E-state index contributed by atoms with van der Waals surface area (Å²) in [6.07, 6.45) is 1.87. The Morgan fingerprint density at radius 3 is 2.56 bits per heavy atom. The molecule has 4 nitrogen and oxygen atoms in total. The van der Waals surface area contributed by atoms with E-state index in [1.807, 2.05) is 24.3 Å². The van der Waals surface area contributed by atoms with Crippen LogP contribution in [0.4, 0.5) is 5.13 Å².